The molecular weight excluding hydrogens is 186 g/mol. The Bertz CT molecular complexity index is 281. The second-order valence-electron chi connectivity index (χ2n) is 4.61. The summed E-state index contributed by atoms with van der Waals surface area (Å²) in [6.07, 6.45) is 7.13. The van der Waals surface area contributed by atoms with E-state index in [1.807, 2.05) is 12.1 Å². The number of nitrogens with one attached hydrogen (secondary N) is 1. The van der Waals surface area contributed by atoms with Gasteiger partial charge in [0.05, 0.1) is 12.3 Å². The predicted octanol–water partition coefficient (Wildman–Crippen LogP) is 3.51. The van der Waals surface area contributed by atoms with E-state index in [9.17, 15) is 0 Å². The topological polar surface area (TPSA) is 25.2 Å². The molecule has 3 unspecified atom stereocenters. The molecule has 0 amide bonds. The Morgan fingerprint density at radius 3 is 3.07 bits per heavy atom. The Labute approximate surface area is 92.1 Å². The first-order valence-electron chi connectivity index (χ1n) is 6.10. The second-order valence-corrected chi connectivity index (χ2v) is 4.61. The van der Waals surface area contributed by atoms with Crippen molar-refractivity contribution in [2.75, 3.05) is 0 Å². The van der Waals surface area contributed by atoms with E-state index >= 15 is 0 Å². The van der Waals surface area contributed by atoms with Crippen LogP contribution in [0.3, 0.4) is 0 Å². The highest BCUT2D eigenvalue weighted by Crippen LogP contribution is 2.30. The van der Waals surface area contributed by atoms with Crippen molar-refractivity contribution in [3.8, 4) is 0 Å². The first-order valence-corrected chi connectivity index (χ1v) is 6.10. The number of hydrogen-bond acceptors (Lipinski definition) is 2. The van der Waals surface area contributed by atoms with Gasteiger partial charge in [-0.05, 0) is 37.8 Å². The Morgan fingerprint density at radius 2 is 2.40 bits per heavy atom. The first-order chi connectivity index (χ1) is 7.31. The van der Waals surface area contributed by atoms with Gasteiger partial charge in [-0.3, -0.25) is 0 Å². The van der Waals surface area contributed by atoms with Gasteiger partial charge in [-0.25, -0.2) is 0 Å². The van der Waals surface area contributed by atoms with Gasteiger partial charge < -0.3 is 9.73 Å². The summed E-state index contributed by atoms with van der Waals surface area (Å²) in [5, 5.41) is 3.69. The van der Waals surface area contributed by atoms with Crippen LogP contribution in [0.4, 0.5) is 0 Å². The largest absolute Gasteiger partial charge is 0.468 e. The fourth-order valence-corrected chi connectivity index (χ4v) is 2.69. The maximum absolute atomic E-state index is 5.41. The Morgan fingerprint density at radius 1 is 1.53 bits per heavy atom. The van der Waals surface area contributed by atoms with Gasteiger partial charge in [0.15, 0.2) is 0 Å². The molecule has 15 heavy (non-hydrogen) atoms. The van der Waals surface area contributed by atoms with E-state index in [0.717, 1.165) is 11.7 Å². The van der Waals surface area contributed by atoms with Gasteiger partial charge >= 0.3 is 0 Å². The van der Waals surface area contributed by atoms with Gasteiger partial charge in [-0.1, -0.05) is 19.8 Å². The lowest BCUT2D eigenvalue weighted by molar-refractivity contribution is 0.332. The average Bonchev–Trinajstić information content (AvgIpc) is 2.87. The van der Waals surface area contributed by atoms with Crippen LogP contribution in [-0.2, 0) is 0 Å². The normalized spacial score (nSPS) is 28.1. The van der Waals surface area contributed by atoms with Gasteiger partial charge in [0.1, 0.15) is 5.76 Å². The van der Waals surface area contributed by atoms with Crippen molar-refractivity contribution in [3.05, 3.63) is 24.2 Å². The molecule has 3 atom stereocenters. The molecule has 0 saturated heterocycles. The van der Waals surface area contributed by atoms with Crippen molar-refractivity contribution in [3.63, 3.8) is 0 Å². The first kappa shape index (κ1) is 10.7. The van der Waals surface area contributed by atoms with Crippen molar-refractivity contribution >= 4 is 0 Å². The maximum Gasteiger partial charge on any atom is 0.120 e. The lowest BCUT2D eigenvalue weighted by Gasteiger charge is -2.23. The third-order valence-electron chi connectivity index (χ3n) is 3.62. The summed E-state index contributed by atoms with van der Waals surface area (Å²) in [5.74, 6) is 1.92. The Balaban J connectivity index is 1.91. The summed E-state index contributed by atoms with van der Waals surface area (Å²) in [6.45, 7) is 4.48. The zero-order valence-corrected chi connectivity index (χ0v) is 9.70. The summed E-state index contributed by atoms with van der Waals surface area (Å²) < 4.78 is 5.41. The summed E-state index contributed by atoms with van der Waals surface area (Å²) in [7, 11) is 0. The summed E-state index contributed by atoms with van der Waals surface area (Å²) in [4.78, 5) is 0. The number of furan rings is 1. The molecule has 2 heteroatoms. The molecule has 2 rings (SSSR count). The fraction of sp³-hybridized carbons (Fsp3) is 0.692. The van der Waals surface area contributed by atoms with Crippen LogP contribution in [0.15, 0.2) is 22.8 Å². The maximum atomic E-state index is 5.41. The van der Waals surface area contributed by atoms with Crippen molar-refractivity contribution in [2.24, 2.45) is 5.92 Å². The molecule has 1 aliphatic carbocycles. The molecule has 0 spiro atoms. The zero-order valence-electron chi connectivity index (χ0n) is 9.70. The van der Waals surface area contributed by atoms with Crippen molar-refractivity contribution < 1.29 is 4.42 Å². The van der Waals surface area contributed by atoms with Crippen LogP contribution < -0.4 is 5.32 Å². The minimum Gasteiger partial charge on any atom is -0.468 e. The predicted molar refractivity (Wildman–Crippen MR) is 61.7 cm³/mol. The van der Waals surface area contributed by atoms with Crippen LogP contribution in [0.25, 0.3) is 0 Å². The summed E-state index contributed by atoms with van der Waals surface area (Å²) in [6, 6.07) is 5.04. The highest BCUT2D eigenvalue weighted by Gasteiger charge is 2.27. The lowest BCUT2D eigenvalue weighted by Crippen LogP contribution is -2.34. The van der Waals surface area contributed by atoms with Gasteiger partial charge in [0.2, 0.25) is 0 Å². The monoisotopic (exact) mass is 207 g/mol. The van der Waals surface area contributed by atoms with Gasteiger partial charge in [0, 0.05) is 6.04 Å². The Hall–Kier alpha value is -0.760. The van der Waals surface area contributed by atoms with E-state index in [2.05, 4.69) is 19.2 Å². The van der Waals surface area contributed by atoms with Gasteiger partial charge in [0.25, 0.3) is 0 Å². The molecular formula is C13H21NO. The van der Waals surface area contributed by atoms with Gasteiger partial charge in [-0.15, -0.1) is 0 Å². The molecule has 0 aromatic carbocycles. The van der Waals surface area contributed by atoms with E-state index in [4.69, 9.17) is 4.42 Å². The van der Waals surface area contributed by atoms with Crippen LogP contribution in [0.1, 0.15) is 51.3 Å². The highest BCUT2D eigenvalue weighted by molar-refractivity contribution is 5.04. The summed E-state index contributed by atoms with van der Waals surface area (Å²) >= 11 is 0. The summed E-state index contributed by atoms with van der Waals surface area (Å²) in [5.41, 5.74) is 0. The van der Waals surface area contributed by atoms with E-state index in [1.165, 1.54) is 25.7 Å². The fourth-order valence-electron chi connectivity index (χ4n) is 2.69. The standard InChI is InChI=1S/C13H21NO/c1-3-11-6-4-7-12(11)14-10(2)13-8-5-9-15-13/h5,8-12,14H,3-4,6-7H2,1-2H3. The SMILES string of the molecule is CCC1CCCC1NC(C)c1ccco1. The van der Waals surface area contributed by atoms with Gasteiger partial charge in [-0.2, -0.15) is 0 Å². The molecule has 1 aliphatic rings. The average molecular weight is 207 g/mol. The molecule has 1 heterocycles. The minimum absolute atomic E-state index is 0.345. The molecule has 2 nitrogen and oxygen atoms in total. The molecule has 1 fully saturated rings. The van der Waals surface area contributed by atoms with Crippen LogP contribution >= 0.6 is 0 Å². The molecule has 0 radical (unpaired) electrons. The lowest BCUT2D eigenvalue weighted by atomic mass is 10.00. The molecule has 0 aliphatic heterocycles. The highest BCUT2D eigenvalue weighted by atomic mass is 16.3. The third-order valence-corrected chi connectivity index (χ3v) is 3.62. The number of hydrogen-bond donors (Lipinski definition) is 1. The van der Waals surface area contributed by atoms with E-state index in [1.54, 1.807) is 6.26 Å². The van der Waals surface area contributed by atoms with Crippen LogP contribution in [0, 0.1) is 5.92 Å². The third kappa shape index (κ3) is 2.43. The van der Waals surface area contributed by atoms with E-state index in [-0.39, 0.29) is 0 Å². The van der Waals surface area contributed by atoms with E-state index in [0.29, 0.717) is 12.1 Å². The van der Waals surface area contributed by atoms with Crippen LogP contribution in [-0.4, -0.2) is 6.04 Å². The molecule has 1 aromatic rings. The van der Waals surface area contributed by atoms with Crippen molar-refractivity contribution in [1.82, 2.24) is 5.32 Å². The molecule has 0 bridgehead atoms. The van der Waals surface area contributed by atoms with E-state index < -0.39 is 0 Å². The Kier molecular flexibility index (Phi) is 3.47. The molecule has 84 valence electrons. The molecule has 1 aromatic heterocycles. The smallest absolute Gasteiger partial charge is 0.120 e. The van der Waals surface area contributed by atoms with Crippen LogP contribution in [0.5, 0.6) is 0 Å². The number of rotatable bonds is 4. The molecule has 1 saturated carbocycles. The quantitative estimate of drug-likeness (QED) is 0.817. The zero-order chi connectivity index (χ0) is 10.7. The molecule has 1 N–H and O–H groups in total. The van der Waals surface area contributed by atoms with Crippen molar-refractivity contribution in [1.29, 1.82) is 0 Å². The minimum atomic E-state index is 0.345. The van der Waals surface area contributed by atoms with Crippen LogP contribution in [0.2, 0.25) is 0 Å². The second kappa shape index (κ2) is 4.84. The van der Waals surface area contributed by atoms with Crippen molar-refractivity contribution in [2.45, 2.75) is 51.6 Å².